The first-order valence-electron chi connectivity index (χ1n) is 5.82. The highest BCUT2D eigenvalue weighted by Crippen LogP contribution is 2.37. The van der Waals surface area contributed by atoms with Crippen LogP contribution in [0.2, 0.25) is 0 Å². The molecule has 0 aromatic rings. The highest BCUT2D eigenvalue weighted by Gasteiger charge is 2.67. The molecule has 0 aromatic carbocycles. The maximum Gasteiger partial charge on any atom is 0.466 e. The van der Waals surface area contributed by atoms with Crippen LogP contribution in [-0.2, 0) is 29.2 Å². The van der Waals surface area contributed by atoms with E-state index < -0.39 is 52.4 Å². The van der Waals surface area contributed by atoms with Gasteiger partial charge in [0.2, 0.25) is 0 Å². The molecule has 0 spiro atoms. The van der Waals surface area contributed by atoms with Crippen LogP contribution >= 0.6 is 0 Å². The van der Waals surface area contributed by atoms with E-state index in [1.165, 1.54) is 5.32 Å². The van der Waals surface area contributed by atoms with Gasteiger partial charge in [-0.15, -0.1) is 0 Å². The first kappa shape index (κ1) is 22.2. The number of carbonyl (C=O) groups is 2. The Morgan fingerprint density at radius 3 is 2.08 bits per heavy atom. The Balaban J connectivity index is 5.96. The number of alkyl halides is 5. The smallest absolute Gasteiger partial charge is 0.466 e. The number of ether oxygens (including phenoxy) is 2. The molecule has 0 aliphatic carbocycles. The molecule has 8 nitrogen and oxygen atoms in total. The lowest BCUT2D eigenvalue weighted by molar-refractivity contribution is -0.352. The molecule has 0 bridgehead atoms. The first-order valence-corrected chi connectivity index (χ1v) is 7.23. The van der Waals surface area contributed by atoms with E-state index in [1.807, 2.05) is 0 Å². The van der Waals surface area contributed by atoms with Gasteiger partial charge in [0.25, 0.3) is 0 Å². The number of halogens is 5. The Bertz CT molecular complexity index is 603. The summed E-state index contributed by atoms with van der Waals surface area (Å²) in [6.45, 7) is 0.750. The third-order valence-electron chi connectivity index (χ3n) is 2.23. The Kier molecular flexibility index (Phi) is 6.84. The van der Waals surface area contributed by atoms with Gasteiger partial charge in [-0.1, -0.05) is 6.58 Å². The SMILES string of the molecule is C=CC(=O)OC(OCC(F)(F)S(=O)(=O)[O-])(C(=O)NCC)C(F)(F)F. The summed E-state index contributed by atoms with van der Waals surface area (Å²) in [5.74, 6) is -8.71. The molecule has 0 saturated carbocycles. The number of hydrogen-bond acceptors (Lipinski definition) is 7. The minimum Gasteiger partial charge on any atom is -0.743 e. The van der Waals surface area contributed by atoms with Crippen molar-refractivity contribution < 1.29 is 54.0 Å². The molecule has 0 rings (SSSR count). The number of rotatable bonds is 8. The molecule has 0 saturated heterocycles. The molecule has 0 fully saturated rings. The third-order valence-corrected chi connectivity index (χ3v) is 3.08. The zero-order valence-corrected chi connectivity index (χ0v) is 12.7. The van der Waals surface area contributed by atoms with E-state index in [2.05, 4.69) is 16.1 Å². The number of nitrogens with one attached hydrogen (secondary N) is 1. The third kappa shape index (κ3) is 4.85. The Labute approximate surface area is 132 Å². The molecule has 1 amide bonds. The van der Waals surface area contributed by atoms with E-state index >= 15 is 0 Å². The van der Waals surface area contributed by atoms with Crippen molar-refractivity contribution in [1.29, 1.82) is 0 Å². The van der Waals surface area contributed by atoms with Crippen molar-refractivity contribution in [2.24, 2.45) is 0 Å². The lowest BCUT2D eigenvalue weighted by Crippen LogP contribution is -2.62. The van der Waals surface area contributed by atoms with Gasteiger partial charge in [0.15, 0.2) is 10.1 Å². The fourth-order valence-corrected chi connectivity index (χ4v) is 1.33. The largest absolute Gasteiger partial charge is 0.743 e. The van der Waals surface area contributed by atoms with E-state index in [-0.39, 0.29) is 6.08 Å². The van der Waals surface area contributed by atoms with Crippen LogP contribution in [0.5, 0.6) is 0 Å². The van der Waals surface area contributed by atoms with Gasteiger partial charge in [0.1, 0.15) is 6.61 Å². The minimum absolute atomic E-state index is 0.172. The highest BCUT2D eigenvalue weighted by atomic mass is 32.2. The summed E-state index contributed by atoms with van der Waals surface area (Å²) < 4.78 is 104. The molecule has 0 aromatic heterocycles. The van der Waals surface area contributed by atoms with Crippen LogP contribution in [0.1, 0.15) is 6.92 Å². The minimum atomic E-state index is -6.41. The van der Waals surface area contributed by atoms with Gasteiger partial charge in [-0.2, -0.15) is 22.0 Å². The molecule has 0 heterocycles. The zero-order valence-electron chi connectivity index (χ0n) is 11.9. The van der Waals surface area contributed by atoms with Gasteiger partial charge in [0.05, 0.1) is 0 Å². The molecule has 0 aliphatic heterocycles. The predicted octanol–water partition coefficient (Wildman–Crippen LogP) is 0.265. The maximum absolute atomic E-state index is 13.1. The lowest BCUT2D eigenvalue weighted by Gasteiger charge is -2.34. The van der Waals surface area contributed by atoms with Crippen molar-refractivity contribution in [2.45, 2.75) is 24.1 Å². The lowest BCUT2D eigenvalue weighted by atomic mass is 10.2. The molecule has 24 heavy (non-hydrogen) atoms. The van der Waals surface area contributed by atoms with E-state index in [9.17, 15) is 44.5 Å². The van der Waals surface area contributed by atoms with E-state index in [0.29, 0.717) is 0 Å². The van der Waals surface area contributed by atoms with Gasteiger partial charge in [-0.25, -0.2) is 13.2 Å². The summed E-state index contributed by atoms with van der Waals surface area (Å²) in [4.78, 5) is 22.6. The second-order valence-electron chi connectivity index (χ2n) is 3.98. The van der Waals surface area contributed by atoms with Crippen LogP contribution in [0.25, 0.3) is 0 Å². The number of carbonyl (C=O) groups excluding carboxylic acids is 2. The fourth-order valence-electron chi connectivity index (χ4n) is 1.13. The molecule has 1 atom stereocenters. The van der Waals surface area contributed by atoms with Crippen LogP contribution in [-0.4, -0.2) is 55.2 Å². The molecule has 1 N–H and O–H groups in total. The predicted molar refractivity (Wildman–Crippen MR) is 64.4 cm³/mol. The summed E-state index contributed by atoms with van der Waals surface area (Å²) in [5, 5.41) is -3.79. The quantitative estimate of drug-likeness (QED) is 0.209. The Morgan fingerprint density at radius 2 is 1.75 bits per heavy atom. The van der Waals surface area contributed by atoms with Crippen LogP contribution < -0.4 is 5.32 Å². The fraction of sp³-hybridized carbons (Fsp3) is 0.600. The van der Waals surface area contributed by atoms with Gasteiger partial charge in [0, 0.05) is 12.6 Å². The average Bonchev–Trinajstić information content (AvgIpc) is 2.40. The van der Waals surface area contributed by atoms with Crippen LogP contribution in [0.3, 0.4) is 0 Å². The van der Waals surface area contributed by atoms with Crippen molar-refractivity contribution in [3.05, 3.63) is 12.7 Å². The number of hydrogen-bond donors (Lipinski definition) is 1. The van der Waals surface area contributed by atoms with Crippen molar-refractivity contribution in [3.8, 4) is 0 Å². The van der Waals surface area contributed by atoms with E-state index in [1.54, 1.807) is 0 Å². The standard InChI is InChI=1S/C10H12F5NO7S/c1-3-6(17)23-9(10(13,14)15,7(18)16-4-2)22-5-8(11,12)24(19,20)21/h3H,1,4-5H2,2H3,(H,16,18)(H,19,20,21)/p-1. The molecule has 0 radical (unpaired) electrons. The van der Waals surface area contributed by atoms with Crippen molar-refractivity contribution in [1.82, 2.24) is 5.32 Å². The summed E-state index contributed by atoms with van der Waals surface area (Å²) in [6.07, 6.45) is -5.72. The van der Waals surface area contributed by atoms with Gasteiger partial charge >= 0.3 is 29.1 Å². The van der Waals surface area contributed by atoms with Crippen LogP contribution in [0.15, 0.2) is 12.7 Å². The molecular weight excluding hydrogens is 373 g/mol. The maximum atomic E-state index is 13.1. The number of amides is 1. The molecule has 140 valence electrons. The molecule has 1 unspecified atom stereocenters. The summed E-state index contributed by atoms with van der Waals surface area (Å²) in [7, 11) is -6.41. The van der Waals surface area contributed by atoms with Gasteiger partial charge in [-0.3, -0.25) is 4.79 Å². The normalized spacial score (nSPS) is 15.3. The van der Waals surface area contributed by atoms with E-state index in [0.717, 1.165) is 6.92 Å². The topological polar surface area (TPSA) is 122 Å². The average molecular weight is 384 g/mol. The van der Waals surface area contributed by atoms with Gasteiger partial charge < -0.3 is 19.3 Å². The molecule has 14 heteroatoms. The summed E-state index contributed by atoms with van der Waals surface area (Å²) in [5.41, 5.74) is 0. The monoisotopic (exact) mass is 384 g/mol. The highest BCUT2D eigenvalue weighted by molar-refractivity contribution is 7.86. The van der Waals surface area contributed by atoms with Crippen molar-refractivity contribution in [3.63, 3.8) is 0 Å². The van der Waals surface area contributed by atoms with Crippen LogP contribution in [0, 0.1) is 0 Å². The van der Waals surface area contributed by atoms with Crippen molar-refractivity contribution in [2.75, 3.05) is 13.2 Å². The number of likely N-dealkylation sites (N-methyl/N-ethyl adjacent to an activating group) is 1. The number of esters is 1. The second-order valence-corrected chi connectivity index (χ2v) is 5.48. The van der Waals surface area contributed by atoms with Crippen molar-refractivity contribution >= 4 is 22.0 Å². The Morgan fingerprint density at radius 1 is 1.25 bits per heavy atom. The Hall–Kier alpha value is -1.80. The van der Waals surface area contributed by atoms with Crippen LogP contribution in [0.4, 0.5) is 22.0 Å². The molecular formula is C10H11F5NO7S-. The molecule has 0 aliphatic rings. The summed E-state index contributed by atoms with van der Waals surface area (Å²) in [6, 6.07) is 0. The first-order chi connectivity index (χ1) is 10.6. The van der Waals surface area contributed by atoms with Gasteiger partial charge in [-0.05, 0) is 6.92 Å². The van der Waals surface area contributed by atoms with E-state index in [4.69, 9.17) is 0 Å². The zero-order chi connectivity index (χ0) is 19.4. The summed E-state index contributed by atoms with van der Waals surface area (Å²) >= 11 is 0. The second kappa shape index (κ2) is 7.40.